The van der Waals surface area contributed by atoms with E-state index in [2.05, 4.69) is 21.1 Å². The van der Waals surface area contributed by atoms with E-state index in [4.69, 9.17) is 16.4 Å². The van der Waals surface area contributed by atoms with Crippen molar-refractivity contribution in [2.75, 3.05) is 0 Å². The van der Waals surface area contributed by atoms with Crippen LogP contribution in [0.1, 0.15) is 33.8 Å². The summed E-state index contributed by atoms with van der Waals surface area (Å²) in [5.41, 5.74) is 3.03. The van der Waals surface area contributed by atoms with Crippen LogP contribution < -0.4 is 0 Å². The van der Waals surface area contributed by atoms with Crippen LogP contribution >= 0.6 is 27.5 Å². The molecule has 0 aliphatic heterocycles. The zero-order valence-electron chi connectivity index (χ0n) is 15.2. The average Bonchev–Trinajstić information content (AvgIpc) is 3.51. The molecule has 3 aromatic carbocycles. The third-order valence-electron chi connectivity index (χ3n) is 4.89. The molecule has 0 heterocycles. The van der Waals surface area contributed by atoms with Crippen molar-refractivity contribution in [3.63, 3.8) is 0 Å². The van der Waals surface area contributed by atoms with Crippen molar-refractivity contribution in [2.45, 2.75) is 12.3 Å². The molecule has 2 unspecified atom stereocenters. The SMILES string of the molecule is O=C(ON=C(c1ccc(Br)cc1)C1CC1c1ccc(Cl)cc1)c1ccc(F)cc1. The number of oxime groups is 1. The highest BCUT2D eigenvalue weighted by Gasteiger charge is 2.43. The van der Waals surface area contributed by atoms with Crippen molar-refractivity contribution in [3.8, 4) is 0 Å². The second-order valence-electron chi connectivity index (χ2n) is 6.87. The molecule has 4 rings (SSSR count). The maximum atomic E-state index is 13.1. The van der Waals surface area contributed by atoms with Crippen LogP contribution in [0.3, 0.4) is 0 Å². The van der Waals surface area contributed by atoms with Gasteiger partial charge in [0.15, 0.2) is 0 Å². The number of hydrogen-bond acceptors (Lipinski definition) is 3. The van der Waals surface area contributed by atoms with Gasteiger partial charge in [-0.2, -0.15) is 0 Å². The highest BCUT2D eigenvalue weighted by Crippen LogP contribution is 2.49. The molecule has 0 aromatic heterocycles. The van der Waals surface area contributed by atoms with Crippen molar-refractivity contribution in [3.05, 3.63) is 105 Å². The minimum absolute atomic E-state index is 0.137. The Balaban J connectivity index is 1.58. The number of carbonyl (C=O) groups excluding carboxylic acids is 1. The van der Waals surface area contributed by atoms with Gasteiger partial charge in [-0.3, -0.25) is 0 Å². The summed E-state index contributed by atoms with van der Waals surface area (Å²) in [6.07, 6.45) is 0.907. The number of carbonyl (C=O) groups is 1. The smallest absolute Gasteiger partial charge is 0.313 e. The summed E-state index contributed by atoms with van der Waals surface area (Å²) in [6.45, 7) is 0. The minimum Gasteiger partial charge on any atom is -0.313 e. The molecule has 1 saturated carbocycles. The lowest BCUT2D eigenvalue weighted by Gasteiger charge is -2.07. The molecule has 0 radical (unpaired) electrons. The summed E-state index contributed by atoms with van der Waals surface area (Å²) < 4.78 is 14.0. The zero-order valence-corrected chi connectivity index (χ0v) is 17.5. The Morgan fingerprint density at radius 1 is 0.966 bits per heavy atom. The molecule has 0 N–H and O–H groups in total. The van der Waals surface area contributed by atoms with Gasteiger partial charge in [-0.25, -0.2) is 9.18 Å². The molecule has 3 nitrogen and oxygen atoms in total. The standard InChI is InChI=1S/C23H16BrClFNO2/c24-17-7-1-15(2-8-17)22(21-13-20(21)14-3-9-18(25)10-4-14)27-29-23(28)16-5-11-19(26)12-6-16/h1-12,20-21H,13H2. The fraction of sp³-hybridized carbons (Fsp3) is 0.130. The molecule has 6 heteroatoms. The lowest BCUT2D eigenvalue weighted by molar-refractivity contribution is 0.0515. The van der Waals surface area contributed by atoms with E-state index in [9.17, 15) is 9.18 Å². The van der Waals surface area contributed by atoms with Gasteiger partial charge in [0.05, 0.1) is 11.3 Å². The fourth-order valence-electron chi connectivity index (χ4n) is 3.26. The van der Waals surface area contributed by atoms with E-state index in [0.717, 1.165) is 16.5 Å². The summed E-state index contributed by atoms with van der Waals surface area (Å²) >= 11 is 9.42. The van der Waals surface area contributed by atoms with Gasteiger partial charge < -0.3 is 4.84 Å². The van der Waals surface area contributed by atoms with Crippen molar-refractivity contribution < 1.29 is 14.0 Å². The molecule has 29 heavy (non-hydrogen) atoms. The maximum absolute atomic E-state index is 13.1. The molecule has 1 fully saturated rings. The topological polar surface area (TPSA) is 38.7 Å². The summed E-state index contributed by atoms with van der Waals surface area (Å²) in [7, 11) is 0. The van der Waals surface area contributed by atoms with Gasteiger partial charge in [0.2, 0.25) is 0 Å². The second-order valence-corrected chi connectivity index (χ2v) is 8.22. The number of rotatable bonds is 5. The Labute approximate surface area is 181 Å². The third-order valence-corrected chi connectivity index (χ3v) is 5.67. The minimum atomic E-state index is -0.622. The fourth-order valence-corrected chi connectivity index (χ4v) is 3.65. The van der Waals surface area contributed by atoms with Crippen molar-refractivity contribution >= 4 is 39.2 Å². The number of benzene rings is 3. The second kappa shape index (κ2) is 8.47. The van der Waals surface area contributed by atoms with Crippen LogP contribution in [0.15, 0.2) is 82.4 Å². The summed E-state index contributed by atoms with van der Waals surface area (Å²) in [6, 6.07) is 20.7. The molecule has 2 atom stereocenters. The largest absolute Gasteiger partial charge is 0.365 e. The maximum Gasteiger partial charge on any atom is 0.365 e. The van der Waals surface area contributed by atoms with E-state index >= 15 is 0 Å². The van der Waals surface area contributed by atoms with Gasteiger partial charge in [0, 0.05) is 15.4 Å². The van der Waals surface area contributed by atoms with Crippen LogP contribution in [-0.2, 0) is 4.84 Å². The average molecular weight is 473 g/mol. The first kappa shape index (κ1) is 19.8. The highest BCUT2D eigenvalue weighted by molar-refractivity contribution is 9.10. The van der Waals surface area contributed by atoms with Gasteiger partial charge in [-0.1, -0.05) is 57.0 Å². The predicted octanol–water partition coefficient (Wildman–Crippen LogP) is 6.61. The summed E-state index contributed by atoms with van der Waals surface area (Å²) in [5, 5.41) is 4.91. The molecule has 3 aromatic rings. The van der Waals surface area contributed by atoms with Gasteiger partial charge in [-0.05, 0) is 72.0 Å². The molecule has 146 valence electrons. The molecule has 0 saturated heterocycles. The lowest BCUT2D eigenvalue weighted by atomic mass is 10.0. The number of hydrogen-bond donors (Lipinski definition) is 0. The van der Waals surface area contributed by atoms with Gasteiger partial charge in [0.25, 0.3) is 0 Å². The van der Waals surface area contributed by atoms with Crippen LogP contribution in [0.2, 0.25) is 5.02 Å². The van der Waals surface area contributed by atoms with E-state index in [1.807, 2.05) is 48.5 Å². The van der Waals surface area contributed by atoms with Gasteiger partial charge >= 0.3 is 5.97 Å². The first-order valence-corrected chi connectivity index (χ1v) is 10.2. The Morgan fingerprint density at radius 2 is 1.59 bits per heavy atom. The molecule has 0 spiro atoms. The molecule has 1 aliphatic rings. The molecular weight excluding hydrogens is 457 g/mol. The van der Waals surface area contributed by atoms with E-state index in [0.29, 0.717) is 16.7 Å². The van der Waals surface area contributed by atoms with Crippen LogP contribution in [0.5, 0.6) is 0 Å². The molecular formula is C23H16BrClFNO2. The van der Waals surface area contributed by atoms with Crippen LogP contribution in [-0.4, -0.2) is 11.7 Å². The number of nitrogens with zero attached hydrogens (tertiary/aromatic N) is 1. The Hall–Kier alpha value is -2.50. The normalized spacial score (nSPS) is 18.4. The van der Waals surface area contributed by atoms with Gasteiger partial charge in [0.1, 0.15) is 5.82 Å². The van der Waals surface area contributed by atoms with E-state index < -0.39 is 11.8 Å². The van der Waals surface area contributed by atoms with Crippen molar-refractivity contribution in [1.29, 1.82) is 0 Å². The van der Waals surface area contributed by atoms with Crippen molar-refractivity contribution in [1.82, 2.24) is 0 Å². The molecule has 1 aliphatic carbocycles. The quantitative estimate of drug-likeness (QED) is 0.238. The van der Waals surface area contributed by atoms with Crippen LogP contribution in [0.4, 0.5) is 4.39 Å². The summed E-state index contributed by atoms with van der Waals surface area (Å²) in [5.74, 6) is -0.606. The first-order valence-electron chi connectivity index (χ1n) is 9.07. The molecule has 0 amide bonds. The first-order chi connectivity index (χ1) is 14.0. The third kappa shape index (κ3) is 4.74. The zero-order chi connectivity index (χ0) is 20.4. The van der Waals surface area contributed by atoms with Crippen LogP contribution in [0.25, 0.3) is 0 Å². The van der Waals surface area contributed by atoms with E-state index in [-0.39, 0.29) is 11.5 Å². The number of halogens is 3. The summed E-state index contributed by atoms with van der Waals surface area (Å²) in [4.78, 5) is 17.5. The van der Waals surface area contributed by atoms with Crippen molar-refractivity contribution in [2.24, 2.45) is 11.1 Å². The monoisotopic (exact) mass is 471 g/mol. The highest BCUT2D eigenvalue weighted by atomic mass is 79.9. The van der Waals surface area contributed by atoms with Crippen LogP contribution in [0, 0.1) is 11.7 Å². The lowest BCUT2D eigenvalue weighted by Crippen LogP contribution is -2.09. The predicted molar refractivity (Wildman–Crippen MR) is 115 cm³/mol. The Kier molecular flexibility index (Phi) is 5.79. The molecule has 0 bridgehead atoms. The van der Waals surface area contributed by atoms with Gasteiger partial charge in [-0.15, -0.1) is 0 Å². The Morgan fingerprint density at radius 3 is 2.24 bits per heavy atom. The Bertz CT molecular complexity index is 1050. The van der Waals surface area contributed by atoms with E-state index in [1.165, 1.54) is 29.8 Å². The van der Waals surface area contributed by atoms with E-state index in [1.54, 1.807) is 0 Å².